The quantitative estimate of drug-likeness (QED) is 0.0464. The molecule has 9 nitrogen and oxygen atoms in total. The molecule has 4 aromatic carbocycles. The number of phenolic OH excluding ortho intramolecular Hbond substituents is 4. The molecule has 2 bridgehead atoms. The minimum Gasteiger partial charge on any atom is -0.508 e. The standard InChI is InChI=1S/C44H49NO8/c45-26-53-39-21-27(13-17-36(39)48)12-15-32(47)23-37(49)33-16-14-29-22-35(44(18-5-2-6-19-44)30-9-3-1-4-10-30)41(33)34-24-38(50)42(51)43(40(29)34)52-25-28-8-7-11-31(46)20-28/h1,3-4,7-11,13-14,16-17,20-21,24,29,33,35,37,41,46,48-51H,2,5-6,12,15,18-19,22-23,25-26,45H2/t29-,33-,35-,37+,41+/m1/s1. The number of ether oxygens (including phenoxy) is 2. The van der Waals surface area contributed by atoms with Crippen molar-refractivity contribution in [1.29, 1.82) is 0 Å². The van der Waals surface area contributed by atoms with Gasteiger partial charge in [-0.3, -0.25) is 10.5 Å². The van der Waals surface area contributed by atoms with Crippen molar-refractivity contribution < 1.29 is 39.8 Å². The smallest absolute Gasteiger partial charge is 0.200 e. The Morgan fingerprint density at radius 3 is 2.40 bits per heavy atom. The van der Waals surface area contributed by atoms with Crippen LogP contribution in [0.3, 0.4) is 0 Å². The lowest BCUT2D eigenvalue weighted by Crippen LogP contribution is -2.46. The predicted molar refractivity (Wildman–Crippen MR) is 201 cm³/mol. The molecule has 0 unspecified atom stereocenters. The van der Waals surface area contributed by atoms with E-state index < -0.39 is 12.0 Å². The number of aliphatic hydroxyl groups is 1. The Hall–Kier alpha value is -4.99. The monoisotopic (exact) mass is 719 g/mol. The van der Waals surface area contributed by atoms with E-state index in [1.54, 1.807) is 36.4 Å². The number of aromatic hydroxyl groups is 4. The number of phenols is 4. The molecule has 4 aromatic rings. The fourth-order valence-corrected chi connectivity index (χ4v) is 9.50. The maximum Gasteiger partial charge on any atom is 0.200 e. The number of Topliss-reactive ketones (excluding diaryl/α,β-unsaturated/α-hetero) is 1. The molecule has 0 spiro atoms. The number of nitrogens with two attached hydrogens (primary N) is 1. The fourth-order valence-electron chi connectivity index (χ4n) is 9.50. The van der Waals surface area contributed by atoms with Crippen molar-refractivity contribution in [2.75, 3.05) is 6.73 Å². The molecule has 278 valence electrons. The summed E-state index contributed by atoms with van der Waals surface area (Å²) in [6.45, 7) is -0.0187. The van der Waals surface area contributed by atoms with Gasteiger partial charge in [-0.25, -0.2) is 0 Å². The lowest BCUT2D eigenvalue weighted by molar-refractivity contribution is -0.121. The highest BCUT2D eigenvalue weighted by atomic mass is 16.5. The third-order valence-corrected chi connectivity index (χ3v) is 11.9. The molecule has 4 aliphatic carbocycles. The molecule has 8 rings (SSSR count). The van der Waals surface area contributed by atoms with E-state index in [0.717, 1.165) is 55.2 Å². The van der Waals surface area contributed by atoms with Gasteiger partial charge in [-0.1, -0.05) is 79.9 Å². The summed E-state index contributed by atoms with van der Waals surface area (Å²) in [6, 6.07) is 24.0. The van der Waals surface area contributed by atoms with Gasteiger partial charge >= 0.3 is 0 Å². The first kappa shape index (κ1) is 36.4. The highest BCUT2D eigenvalue weighted by Crippen LogP contribution is 2.63. The number of hydrogen-bond acceptors (Lipinski definition) is 9. The first-order chi connectivity index (χ1) is 25.7. The lowest BCUT2D eigenvalue weighted by Gasteiger charge is -2.52. The Morgan fingerprint density at radius 1 is 0.849 bits per heavy atom. The molecule has 53 heavy (non-hydrogen) atoms. The number of carbonyl (C=O) groups excluding carboxylic acids is 1. The Labute approximate surface area is 310 Å². The second kappa shape index (κ2) is 15.5. The molecule has 0 radical (unpaired) electrons. The molecular formula is C44H49NO8. The topological polar surface area (TPSA) is 163 Å². The predicted octanol–water partition coefficient (Wildman–Crippen LogP) is 7.61. The van der Waals surface area contributed by atoms with Crippen molar-refractivity contribution in [3.8, 4) is 34.5 Å². The van der Waals surface area contributed by atoms with Crippen LogP contribution in [0.1, 0.15) is 91.0 Å². The molecule has 0 heterocycles. The number of hydrogen-bond donors (Lipinski definition) is 6. The number of fused-ring (bicyclic) bond motifs is 2. The molecule has 5 atom stereocenters. The van der Waals surface area contributed by atoms with Gasteiger partial charge in [0.2, 0.25) is 5.75 Å². The van der Waals surface area contributed by atoms with Gasteiger partial charge in [0, 0.05) is 30.2 Å². The Balaban J connectivity index is 1.24. The maximum atomic E-state index is 13.6. The highest BCUT2D eigenvalue weighted by Gasteiger charge is 2.53. The molecule has 0 aromatic heterocycles. The van der Waals surface area contributed by atoms with Crippen LogP contribution in [0, 0.1) is 11.8 Å². The zero-order chi connectivity index (χ0) is 37.1. The van der Waals surface area contributed by atoms with E-state index in [2.05, 4.69) is 36.4 Å². The first-order valence-corrected chi connectivity index (χ1v) is 18.8. The van der Waals surface area contributed by atoms with Crippen molar-refractivity contribution in [3.05, 3.63) is 119 Å². The van der Waals surface area contributed by atoms with Crippen LogP contribution < -0.4 is 15.2 Å². The molecule has 9 heteroatoms. The minimum absolute atomic E-state index is 0.0238. The van der Waals surface area contributed by atoms with Gasteiger partial charge < -0.3 is 35.0 Å². The van der Waals surface area contributed by atoms with Crippen LogP contribution in [0.15, 0.2) is 91.0 Å². The number of ketones is 1. The van der Waals surface area contributed by atoms with E-state index in [9.17, 15) is 30.3 Å². The molecule has 0 aliphatic heterocycles. The van der Waals surface area contributed by atoms with Crippen molar-refractivity contribution in [2.24, 2.45) is 17.6 Å². The zero-order valence-corrected chi connectivity index (χ0v) is 29.9. The molecule has 1 fully saturated rings. The summed E-state index contributed by atoms with van der Waals surface area (Å²) >= 11 is 0. The Morgan fingerprint density at radius 2 is 1.64 bits per heavy atom. The number of rotatable bonds is 13. The third kappa shape index (κ3) is 7.33. The van der Waals surface area contributed by atoms with Gasteiger partial charge in [-0.2, -0.15) is 0 Å². The Bertz CT molecular complexity index is 1950. The van der Waals surface area contributed by atoms with Gasteiger partial charge in [-0.15, -0.1) is 0 Å². The van der Waals surface area contributed by atoms with Gasteiger partial charge in [0.05, 0.1) is 6.10 Å². The summed E-state index contributed by atoms with van der Waals surface area (Å²) in [6.07, 6.45) is 9.79. The normalized spacial score (nSPS) is 22.1. The largest absolute Gasteiger partial charge is 0.508 e. The minimum atomic E-state index is -1.00. The SMILES string of the molecule is NCOc1cc(CCC(=O)C[C@H](O)[C@H]2C=C[C@@H]3C[C@@H](C4(c5ccccc5)CCCCC4)[C@@H]2c2cc(O)c(O)c(OCc4cccc(O)c4)c23)ccc1O. The Kier molecular flexibility index (Phi) is 10.7. The van der Waals surface area contributed by atoms with Crippen molar-refractivity contribution in [3.63, 3.8) is 0 Å². The second-order valence-corrected chi connectivity index (χ2v) is 15.0. The van der Waals surface area contributed by atoms with E-state index in [1.165, 1.54) is 11.6 Å². The van der Waals surface area contributed by atoms with Crippen LogP contribution in [0.25, 0.3) is 0 Å². The summed E-state index contributed by atoms with van der Waals surface area (Å²) in [7, 11) is 0. The fraction of sp³-hybridized carbons (Fsp3) is 0.386. The van der Waals surface area contributed by atoms with Gasteiger partial charge in [0.15, 0.2) is 23.0 Å². The second-order valence-electron chi connectivity index (χ2n) is 15.0. The van der Waals surface area contributed by atoms with Gasteiger partial charge in [-0.05, 0) is 95.5 Å². The summed E-state index contributed by atoms with van der Waals surface area (Å²) in [4.78, 5) is 13.6. The summed E-state index contributed by atoms with van der Waals surface area (Å²) < 4.78 is 11.6. The molecular weight excluding hydrogens is 670 g/mol. The van der Waals surface area contributed by atoms with Crippen LogP contribution >= 0.6 is 0 Å². The van der Waals surface area contributed by atoms with Crippen molar-refractivity contribution >= 4 is 5.78 Å². The maximum absolute atomic E-state index is 13.6. The number of allylic oxidation sites excluding steroid dienone is 1. The zero-order valence-electron chi connectivity index (χ0n) is 29.9. The average molecular weight is 720 g/mol. The molecule has 0 amide bonds. The lowest BCUT2D eigenvalue weighted by atomic mass is 9.52. The molecule has 1 saturated carbocycles. The van der Waals surface area contributed by atoms with Gasteiger partial charge in [0.1, 0.15) is 24.9 Å². The van der Waals surface area contributed by atoms with Crippen LogP contribution in [-0.2, 0) is 23.2 Å². The van der Waals surface area contributed by atoms with E-state index >= 15 is 0 Å². The number of aryl methyl sites for hydroxylation is 1. The number of benzene rings is 4. The number of aliphatic hydroxyl groups excluding tert-OH is 1. The summed E-state index contributed by atoms with van der Waals surface area (Å²) in [5.74, 6) is -1.02. The average Bonchev–Trinajstić information content (AvgIpc) is 3.46. The van der Waals surface area contributed by atoms with Crippen LogP contribution in [0.5, 0.6) is 34.5 Å². The van der Waals surface area contributed by atoms with E-state index in [1.807, 2.05) is 12.1 Å². The van der Waals surface area contributed by atoms with E-state index in [-0.39, 0.29) is 89.6 Å². The number of carbonyl (C=O) groups is 1. The summed E-state index contributed by atoms with van der Waals surface area (Å²) in [5.41, 5.74) is 9.73. The molecule has 7 N–H and O–H groups in total. The van der Waals surface area contributed by atoms with Crippen LogP contribution in [0.4, 0.5) is 0 Å². The molecule has 0 saturated heterocycles. The van der Waals surface area contributed by atoms with Crippen LogP contribution in [0.2, 0.25) is 0 Å². The van der Waals surface area contributed by atoms with Gasteiger partial charge in [0.25, 0.3) is 0 Å². The summed E-state index contributed by atoms with van der Waals surface area (Å²) in [5, 5.41) is 54.8. The van der Waals surface area contributed by atoms with E-state index in [4.69, 9.17) is 15.2 Å². The van der Waals surface area contributed by atoms with Crippen molar-refractivity contribution in [2.45, 2.75) is 87.7 Å². The third-order valence-electron chi connectivity index (χ3n) is 11.9. The highest BCUT2D eigenvalue weighted by molar-refractivity contribution is 5.79. The molecule has 4 aliphatic rings. The first-order valence-electron chi connectivity index (χ1n) is 18.8. The van der Waals surface area contributed by atoms with E-state index in [0.29, 0.717) is 12.0 Å². The van der Waals surface area contributed by atoms with Crippen molar-refractivity contribution in [1.82, 2.24) is 0 Å². The van der Waals surface area contributed by atoms with Crippen LogP contribution in [-0.4, -0.2) is 44.2 Å².